The van der Waals surface area contributed by atoms with Gasteiger partial charge >= 0.3 is 0 Å². The van der Waals surface area contributed by atoms with E-state index in [1.54, 1.807) is 0 Å². The molecular weight excluding hydrogens is 314 g/mol. The summed E-state index contributed by atoms with van der Waals surface area (Å²) in [6.07, 6.45) is 3.38. The lowest BCUT2D eigenvalue weighted by molar-refractivity contribution is -0.120. The minimum absolute atomic E-state index is 0.0264. The number of aromatic nitrogens is 3. The first-order valence-electron chi connectivity index (χ1n) is 8.63. The molecule has 4 rings (SSSR count). The predicted octanol–water partition coefficient (Wildman–Crippen LogP) is 2.58. The van der Waals surface area contributed by atoms with E-state index in [-0.39, 0.29) is 18.0 Å². The van der Waals surface area contributed by atoms with Gasteiger partial charge in [0.15, 0.2) is 11.5 Å². The van der Waals surface area contributed by atoms with Crippen LogP contribution in [0.1, 0.15) is 31.6 Å². The fourth-order valence-corrected chi connectivity index (χ4v) is 3.44. The molecule has 0 spiro atoms. The Bertz CT molecular complexity index is 876. The molecule has 0 unspecified atom stereocenters. The summed E-state index contributed by atoms with van der Waals surface area (Å²) in [6, 6.07) is 15.9. The number of rotatable bonds is 4. The van der Waals surface area contributed by atoms with Crippen LogP contribution in [0, 0.1) is 0 Å². The zero-order valence-electron chi connectivity index (χ0n) is 14.2. The summed E-state index contributed by atoms with van der Waals surface area (Å²) < 4.78 is 1.98. The first-order valence-corrected chi connectivity index (χ1v) is 8.63. The zero-order valence-corrected chi connectivity index (χ0v) is 14.2. The monoisotopic (exact) mass is 335 g/mol. The molecule has 6 nitrogen and oxygen atoms in total. The lowest BCUT2D eigenvalue weighted by Crippen LogP contribution is -2.46. The van der Waals surface area contributed by atoms with Gasteiger partial charge in [0.2, 0.25) is 5.91 Å². The minimum atomic E-state index is 0.0264. The average molecular weight is 335 g/mol. The van der Waals surface area contributed by atoms with Gasteiger partial charge in [0.1, 0.15) is 0 Å². The molecule has 1 amide bonds. The van der Waals surface area contributed by atoms with Gasteiger partial charge in [-0.25, -0.2) is 0 Å². The van der Waals surface area contributed by atoms with E-state index in [1.165, 1.54) is 0 Å². The molecule has 25 heavy (non-hydrogen) atoms. The Hall–Kier alpha value is -2.73. The second-order valence-electron chi connectivity index (χ2n) is 6.45. The van der Waals surface area contributed by atoms with E-state index in [2.05, 4.69) is 22.4 Å². The molecule has 0 bridgehead atoms. The number of hydrogen-bond donors (Lipinski definition) is 1. The number of carbonyl (C=O) groups is 1. The Morgan fingerprint density at radius 3 is 2.72 bits per heavy atom. The van der Waals surface area contributed by atoms with Crippen molar-refractivity contribution < 1.29 is 4.79 Å². The van der Waals surface area contributed by atoms with E-state index in [9.17, 15) is 4.79 Å². The number of nitrogens with one attached hydrogen (secondary N) is 1. The fraction of sp³-hybridized carbons (Fsp3) is 0.316. The number of hydrogen-bond acceptors (Lipinski definition) is 4. The zero-order chi connectivity index (χ0) is 17.2. The van der Waals surface area contributed by atoms with E-state index in [0.29, 0.717) is 6.42 Å². The van der Waals surface area contributed by atoms with Crippen molar-refractivity contribution in [1.29, 1.82) is 0 Å². The van der Waals surface area contributed by atoms with Crippen LogP contribution < -0.4 is 10.2 Å². The predicted molar refractivity (Wildman–Crippen MR) is 96.4 cm³/mol. The van der Waals surface area contributed by atoms with E-state index < -0.39 is 0 Å². The molecule has 3 aromatic rings. The van der Waals surface area contributed by atoms with Gasteiger partial charge in [-0.05, 0) is 37.6 Å². The number of nitrogens with zero attached hydrogens (tertiary/aromatic N) is 4. The highest BCUT2D eigenvalue weighted by molar-refractivity contribution is 5.94. The number of benzene rings is 1. The van der Waals surface area contributed by atoms with Crippen LogP contribution in [0.25, 0.3) is 5.65 Å². The van der Waals surface area contributed by atoms with Crippen molar-refractivity contribution in [3.63, 3.8) is 0 Å². The number of amides is 1. The molecule has 1 fully saturated rings. The average Bonchev–Trinajstić information content (AvgIpc) is 3.07. The Balaban J connectivity index is 1.43. The van der Waals surface area contributed by atoms with Crippen LogP contribution in [0.3, 0.4) is 0 Å². The third-order valence-electron chi connectivity index (χ3n) is 4.70. The van der Waals surface area contributed by atoms with Crippen molar-refractivity contribution >= 4 is 17.2 Å². The van der Waals surface area contributed by atoms with Crippen molar-refractivity contribution in [3.05, 3.63) is 60.6 Å². The van der Waals surface area contributed by atoms with E-state index in [4.69, 9.17) is 0 Å². The smallest absolute Gasteiger partial charge is 0.228 e. The molecule has 128 valence electrons. The van der Waals surface area contributed by atoms with Gasteiger partial charge in [-0.2, -0.15) is 0 Å². The SMILES string of the molecule is C[C@@H](N[C@@H]1CCN(c2ccccc2)C(=O)C1)c1nnc2ccccn12. The van der Waals surface area contributed by atoms with Crippen LogP contribution in [0.5, 0.6) is 0 Å². The Kier molecular flexibility index (Phi) is 4.19. The van der Waals surface area contributed by atoms with Gasteiger partial charge in [0.05, 0.1) is 6.04 Å². The number of para-hydroxylation sites is 1. The summed E-state index contributed by atoms with van der Waals surface area (Å²) in [4.78, 5) is 14.4. The summed E-state index contributed by atoms with van der Waals surface area (Å²) in [5, 5.41) is 12.0. The fourth-order valence-electron chi connectivity index (χ4n) is 3.44. The number of pyridine rings is 1. The molecule has 1 N–H and O–H groups in total. The number of anilines is 1. The van der Waals surface area contributed by atoms with Gasteiger partial charge in [0.25, 0.3) is 0 Å². The summed E-state index contributed by atoms with van der Waals surface area (Å²) in [5.74, 6) is 1.03. The van der Waals surface area contributed by atoms with Crippen LogP contribution in [-0.4, -0.2) is 33.1 Å². The van der Waals surface area contributed by atoms with E-state index >= 15 is 0 Å². The van der Waals surface area contributed by atoms with Crippen LogP contribution in [0.15, 0.2) is 54.7 Å². The first kappa shape index (κ1) is 15.8. The lowest BCUT2D eigenvalue weighted by atomic mass is 10.0. The van der Waals surface area contributed by atoms with Gasteiger partial charge < -0.3 is 10.2 Å². The van der Waals surface area contributed by atoms with Crippen LogP contribution in [-0.2, 0) is 4.79 Å². The number of piperidine rings is 1. The van der Waals surface area contributed by atoms with E-state index in [1.807, 2.05) is 64.0 Å². The molecule has 0 radical (unpaired) electrons. The Labute approximate surface area is 146 Å². The topological polar surface area (TPSA) is 62.5 Å². The normalized spacial score (nSPS) is 19.3. The minimum Gasteiger partial charge on any atom is -0.312 e. The second kappa shape index (κ2) is 6.64. The highest BCUT2D eigenvalue weighted by Gasteiger charge is 2.28. The number of carbonyl (C=O) groups excluding carboxylic acids is 1. The third-order valence-corrected chi connectivity index (χ3v) is 4.70. The Morgan fingerprint density at radius 1 is 1.12 bits per heavy atom. The third kappa shape index (κ3) is 3.13. The molecule has 1 aliphatic rings. The maximum atomic E-state index is 12.5. The highest BCUT2D eigenvalue weighted by atomic mass is 16.2. The van der Waals surface area contributed by atoms with Crippen LogP contribution in [0.4, 0.5) is 5.69 Å². The van der Waals surface area contributed by atoms with Gasteiger partial charge in [-0.1, -0.05) is 24.3 Å². The van der Waals surface area contributed by atoms with E-state index in [0.717, 1.165) is 30.1 Å². The molecule has 0 aliphatic carbocycles. The van der Waals surface area contributed by atoms with Gasteiger partial charge in [0, 0.05) is 30.9 Å². The van der Waals surface area contributed by atoms with Gasteiger partial charge in [-0.3, -0.25) is 9.20 Å². The molecule has 3 heterocycles. The van der Waals surface area contributed by atoms with Crippen molar-refractivity contribution in [2.45, 2.75) is 31.8 Å². The molecule has 1 aliphatic heterocycles. The molecule has 2 aromatic heterocycles. The van der Waals surface area contributed by atoms with Crippen LogP contribution >= 0.6 is 0 Å². The van der Waals surface area contributed by atoms with Gasteiger partial charge in [-0.15, -0.1) is 10.2 Å². The standard InChI is InChI=1S/C19H21N5O/c1-14(19-22-21-17-9-5-6-11-24(17)19)20-15-10-12-23(18(25)13-15)16-7-3-2-4-8-16/h2-9,11,14-15,20H,10,12-13H2,1H3/t14-,15-/m1/s1. The van der Waals surface area contributed by atoms with Crippen molar-refractivity contribution in [2.24, 2.45) is 0 Å². The first-order chi connectivity index (χ1) is 12.2. The Morgan fingerprint density at radius 2 is 1.92 bits per heavy atom. The van der Waals surface area contributed by atoms with Crippen molar-refractivity contribution in [2.75, 3.05) is 11.4 Å². The summed E-state index contributed by atoms with van der Waals surface area (Å²) in [7, 11) is 0. The summed E-state index contributed by atoms with van der Waals surface area (Å²) in [6.45, 7) is 2.80. The molecule has 1 aromatic carbocycles. The molecule has 0 saturated carbocycles. The molecule has 2 atom stereocenters. The quantitative estimate of drug-likeness (QED) is 0.796. The number of fused-ring (bicyclic) bond motifs is 1. The molecule has 6 heteroatoms. The summed E-state index contributed by atoms with van der Waals surface area (Å²) >= 11 is 0. The summed E-state index contributed by atoms with van der Waals surface area (Å²) in [5.41, 5.74) is 1.81. The maximum Gasteiger partial charge on any atom is 0.228 e. The maximum absolute atomic E-state index is 12.5. The van der Waals surface area contributed by atoms with Crippen LogP contribution in [0.2, 0.25) is 0 Å². The highest BCUT2D eigenvalue weighted by Crippen LogP contribution is 2.22. The molecular formula is C19H21N5O. The largest absolute Gasteiger partial charge is 0.312 e. The molecule has 1 saturated heterocycles. The van der Waals surface area contributed by atoms with Crippen molar-refractivity contribution in [3.8, 4) is 0 Å². The second-order valence-corrected chi connectivity index (χ2v) is 6.45. The lowest BCUT2D eigenvalue weighted by Gasteiger charge is -2.33. The van der Waals surface area contributed by atoms with Crippen molar-refractivity contribution in [1.82, 2.24) is 19.9 Å².